The van der Waals surface area contributed by atoms with Crippen molar-refractivity contribution < 1.29 is 8.42 Å². The van der Waals surface area contributed by atoms with Crippen LogP contribution in [0.5, 0.6) is 0 Å². The third-order valence-electron chi connectivity index (χ3n) is 2.41. The predicted octanol–water partition coefficient (Wildman–Crippen LogP) is -0.475. The summed E-state index contributed by atoms with van der Waals surface area (Å²) < 4.78 is 26.6. The Morgan fingerprint density at radius 2 is 2.00 bits per heavy atom. The van der Waals surface area contributed by atoms with Gasteiger partial charge in [0.25, 0.3) is 0 Å². The minimum Gasteiger partial charge on any atom is -0.324 e. The number of nitrogens with zero attached hydrogens (tertiary/aromatic N) is 3. The Hall–Kier alpha value is -2.04. The zero-order chi connectivity index (χ0) is 13.9. The van der Waals surface area contributed by atoms with Crippen LogP contribution in [0.1, 0.15) is 18.8 Å². The normalized spacial score (nSPS) is 13.2. The van der Waals surface area contributed by atoms with E-state index in [1.807, 2.05) is 0 Å². The molecule has 2 rings (SSSR count). The van der Waals surface area contributed by atoms with Crippen LogP contribution in [0.4, 0.5) is 5.69 Å². The number of H-pyrrole nitrogens is 1. The first-order chi connectivity index (χ1) is 9.03. The molecular weight excluding hydrogens is 270 g/mol. The molecule has 1 unspecified atom stereocenters. The van der Waals surface area contributed by atoms with Gasteiger partial charge in [-0.2, -0.15) is 5.21 Å². The van der Waals surface area contributed by atoms with Crippen molar-refractivity contribution in [3.05, 3.63) is 30.1 Å². The summed E-state index contributed by atoms with van der Waals surface area (Å²) in [7, 11) is -3.65. The Kier molecular flexibility index (Phi) is 3.74. The van der Waals surface area contributed by atoms with Gasteiger partial charge in [0.15, 0.2) is 5.82 Å². The fraction of sp³-hybridized carbons (Fsp3) is 0.222. The number of anilines is 1. The Labute approximate surface area is 109 Å². The monoisotopic (exact) mass is 283 g/mol. The Morgan fingerprint density at radius 1 is 1.32 bits per heavy atom. The Morgan fingerprint density at radius 3 is 2.53 bits per heavy atom. The highest BCUT2D eigenvalue weighted by atomic mass is 32.2. The molecule has 9 nitrogen and oxygen atoms in total. The number of tetrazole rings is 1. The number of hydrazine groups is 1. The number of hydrogen-bond donors (Lipinski definition) is 4. The number of rotatable bonds is 5. The van der Waals surface area contributed by atoms with Crippen LogP contribution in [0.3, 0.4) is 0 Å². The summed E-state index contributed by atoms with van der Waals surface area (Å²) in [5, 5.41) is 13.1. The maximum absolute atomic E-state index is 12.1. The molecule has 10 heteroatoms. The molecule has 0 fully saturated rings. The van der Waals surface area contributed by atoms with Crippen LogP contribution < -0.4 is 16.0 Å². The van der Waals surface area contributed by atoms with Crippen LogP contribution in [0.2, 0.25) is 0 Å². The van der Waals surface area contributed by atoms with Crippen LogP contribution in [-0.2, 0) is 10.0 Å². The second kappa shape index (κ2) is 5.30. The smallest absolute Gasteiger partial charge is 0.241 e. The number of sulfonamides is 1. The molecule has 1 aromatic heterocycles. The van der Waals surface area contributed by atoms with E-state index in [0.717, 1.165) is 0 Å². The van der Waals surface area contributed by atoms with Gasteiger partial charge in [0, 0.05) is 5.69 Å². The SMILES string of the molecule is CC(NS(=O)(=O)c1ccc(NN)cc1)c1nn[nH]n1. The first-order valence-electron chi connectivity index (χ1n) is 5.35. The van der Waals surface area contributed by atoms with Crippen molar-refractivity contribution in [2.45, 2.75) is 17.9 Å². The van der Waals surface area contributed by atoms with E-state index in [2.05, 4.69) is 30.8 Å². The van der Waals surface area contributed by atoms with E-state index < -0.39 is 16.1 Å². The molecule has 1 atom stereocenters. The van der Waals surface area contributed by atoms with Crippen LogP contribution in [0, 0.1) is 0 Å². The first-order valence-corrected chi connectivity index (χ1v) is 6.83. The van der Waals surface area contributed by atoms with Gasteiger partial charge in [0.2, 0.25) is 10.0 Å². The molecule has 0 saturated carbocycles. The summed E-state index contributed by atoms with van der Waals surface area (Å²) in [6.45, 7) is 1.62. The zero-order valence-corrected chi connectivity index (χ0v) is 10.8. The summed E-state index contributed by atoms with van der Waals surface area (Å²) in [5.41, 5.74) is 3.04. The molecule has 5 N–H and O–H groups in total. The largest absolute Gasteiger partial charge is 0.324 e. The molecule has 0 amide bonds. The molecule has 1 aromatic carbocycles. The first kappa shape index (κ1) is 13.4. The van der Waals surface area contributed by atoms with Gasteiger partial charge in [-0.25, -0.2) is 13.1 Å². The number of hydrogen-bond acceptors (Lipinski definition) is 7. The van der Waals surface area contributed by atoms with E-state index in [-0.39, 0.29) is 10.7 Å². The topological polar surface area (TPSA) is 139 Å². The quantitative estimate of drug-likeness (QED) is 0.429. The lowest BCUT2D eigenvalue weighted by atomic mass is 10.3. The van der Waals surface area contributed by atoms with Crippen LogP contribution >= 0.6 is 0 Å². The summed E-state index contributed by atoms with van der Waals surface area (Å²) in [6.07, 6.45) is 0. The Balaban J connectivity index is 2.17. The number of nitrogen functional groups attached to an aromatic ring is 1. The van der Waals surface area contributed by atoms with Crippen molar-refractivity contribution in [1.29, 1.82) is 0 Å². The van der Waals surface area contributed by atoms with Crippen molar-refractivity contribution in [2.75, 3.05) is 5.43 Å². The summed E-state index contributed by atoms with van der Waals surface area (Å²) >= 11 is 0. The molecule has 0 aliphatic rings. The van der Waals surface area contributed by atoms with Crippen molar-refractivity contribution in [2.24, 2.45) is 5.84 Å². The average Bonchev–Trinajstić information content (AvgIpc) is 2.92. The molecule has 0 saturated heterocycles. The van der Waals surface area contributed by atoms with E-state index in [1.165, 1.54) is 12.1 Å². The summed E-state index contributed by atoms with van der Waals surface area (Å²) in [6, 6.07) is 5.43. The van der Waals surface area contributed by atoms with Gasteiger partial charge in [-0.3, -0.25) is 5.84 Å². The lowest BCUT2D eigenvalue weighted by Crippen LogP contribution is -2.27. The number of aromatic amines is 1. The van der Waals surface area contributed by atoms with E-state index in [4.69, 9.17) is 5.84 Å². The van der Waals surface area contributed by atoms with Gasteiger partial charge in [0.05, 0.1) is 10.9 Å². The van der Waals surface area contributed by atoms with Crippen molar-refractivity contribution in [3.63, 3.8) is 0 Å². The number of nitrogens with two attached hydrogens (primary N) is 1. The highest BCUT2D eigenvalue weighted by molar-refractivity contribution is 7.89. The van der Waals surface area contributed by atoms with Crippen LogP contribution in [0.25, 0.3) is 0 Å². The van der Waals surface area contributed by atoms with Crippen molar-refractivity contribution in [1.82, 2.24) is 25.3 Å². The summed E-state index contributed by atoms with van der Waals surface area (Å²) in [5.74, 6) is 5.48. The van der Waals surface area contributed by atoms with Gasteiger partial charge in [-0.15, -0.1) is 10.2 Å². The highest BCUT2D eigenvalue weighted by Gasteiger charge is 2.20. The minimum absolute atomic E-state index is 0.127. The van der Waals surface area contributed by atoms with Crippen molar-refractivity contribution in [3.8, 4) is 0 Å². The van der Waals surface area contributed by atoms with Gasteiger partial charge in [0.1, 0.15) is 0 Å². The van der Waals surface area contributed by atoms with E-state index in [1.54, 1.807) is 19.1 Å². The Bertz CT molecular complexity index is 623. The number of nitrogens with one attached hydrogen (secondary N) is 3. The maximum Gasteiger partial charge on any atom is 0.241 e. The predicted molar refractivity (Wildman–Crippen MR) is 67.2 cm³/mol. The van der Waals surface area contributed by atoms with Crippen molar-refractivity contribution >= 4 is 15.7 Å². The highest BCUT2D eigenvalue weighted by Crippen LogP contribution is 2.15. The lowest BCUT2D eigenvalue weighted by molar-refractivity contribution is 0.560. The lowest BCUT2D eigenvalue weighted by Gasteiger charge is -2.11. The molecule has 0 radical (unpaired) electrons. The molecule has 0 aliphatic carbocycles. The van der Waals surface area contributed by atoms with E-state index in [0.29, 0.717) is 5.69 Å². The van der Waals surface area contributed by atoms with Gasteiger partial charge >= 0.3 is 0 Å². The molecule has 0 bridgehead atoms. The third kappa shape index (κ3) is 3.05. The van der Waals surface area contributed by atoms with Gasteiger partial charge in [-0.1, -0.05) is 5.21 Å². The second-order valence-electron chi connectivity index (χ2n) is 3.78. The fourth-order valence-electron chi connectivity index (χ4n) is 1.44. The van der Waals surface area contributed by atoms with Crippen LogP contribution in [0.15, 0.2) is 29.2 Å². The van der Waals surface area contributed by atoms with Crippen LogP contribution in [-0.4, -0.2) is 29.0 Å². The number of benzene rings is 1. The third-order valence-corrected chi connectivity index (χ3v) is 3.97. The molecule has 0 aliphatic heterocycles. The summed E-state index contributed by atoms with van der Waals surface area (Å²) in [4.78, 5) is 0.127. The fourth-order valence-corrected chi connectivity index (χ4v) is 2.64. The van der Waals surface area contributed by atoms with Gasteiger partial charge < -0.3 is 5.43 Å². The molecule has 19 heavy (non-hydrogen) atoms. The number of aromatic nitrogens is 4. The molecule has 1 heterocycles. The minimum atomic E-state index is -3.65. The van der Waals surface area contributed by atoms with Gasteiger partial charge in [-0.05, 0) is 31.2 Å². The standard InChI is InChI=1S/C9H13N7O2S/c1-6(9-12-15-16-13-9)14-19(17,18)8-4-2-7(11-10)3-5-8/h2-6,11,14H,10H2,1H3,(H,12,13,15,16). The molecule has 102 valence electrons. The average molecular weight is 283 g/mol. The maximum atomic E-state index is 12.1. The molecular formula is C9H13N7O2S. The van der Waals surface area contributed by atoms with E-state index >= 15 is 0 Å². The molecule has 0 spiro atoms. The zero-order valence-electron chi connectivity index (χ0n) is 10.0. The molecule has 2 aromatic rings. The second-order valence-corrected chi connectivity index (χ2v) is 5.50. The van der Waals surface area contributed by atoms with E-state index in [9.17, 15) is 8.42 Å².